The van der Waals surface area contributed by atoms with Gasteiger partial charge in [0, 0.05) is 25.6 Å². The smallest absolute Gasteiger partial charge is 0.416 e. The maximum Gasteiger partial charge on any atom is 0.416 e. The second kappa shape index (κ2) is 12.1. The molecule has 0 aliphatic heterocycles. The van der Waals surface area contributed by atoms with Crippen LogP contribution in [0.3, 0.4) is 0 Å². The molecule has 41 heavy (non-hydrogen) atoms. The first-order chi connectivity index (χ1) is 19.4. The number of nitrogens with zero attached hydrogens (tertiary/aromatic N) is 1. The molecule has 0 bridgehead atoms. The van der Waals surface area contributed by atoms with Crippen LogP contribution in [0.1, 0.15) is 11.1 Å². The van der Waals surface area contributed by atoms with E-state index in [2.05, 4.69) is 0 Å². The van der Waals surface area contributed by atoms with Crippen LogP contribution in [0.4, 0.5) is 13.2 Å². The highest BCUT2D eigenvalue weighted by Crippen LogP contribution is 2.34. The van der Waals surface area contributed by atoms with Crippen molar-refractivity contribution in [2.24, 2.45) is 0 Å². The average Bonchev–Trinajstić information content (AvgIpc) is 2.94. The molecule has 0 aliphatic rings. The minimum Gasteiger partial charge on any atom is -0.493 e. The van der Waals surface area contributed by atoms with E-state index in [0.717, 1.165) is 23.6 Å². The molecule has 4 aromatic carbocycles. The summed E-state index contributed by atoms with van der Waals surface area (Å²) in [6.07, 6.45) is -4.76. The van der Waals surface area contributed by atoms with Crippen molar-refractivity contribution >= 4 is 30.9 Å². The molecule has 8 nitrogen and oxygen atoms in total. The lowest BCUT2D eigenvalue weighted by molar-refractivity contribution is -0.137. The van der Waals surface area contributed by atoms with E-state index < -0.39 is 36.8 Å². The van der Waals surface area contributed by atoms with Crippen molar-refractivity contribution in [2.45, 2.75) is 22.5 Å². The Bertz CT molecular complexity index is 1750. The van der Waals surface area contributed by atoms with Gasteiger partial charge in [-0.2, -0.15) is 25.9 Å². The molecule has 0 fully saturated rings. The third kappa shape index (κ3) is 6.81. The van der Waals surface area contributed by atoms with E-state index in [0.29, 0.717) is 17.0 Å². The molecule has 4 aromatic rings. The molecule has 0 amide bonds. The second-order valence-electron chi connectivity index (χ2n) is 8.86. The number of hydrogen-bond donors (Lipinski definition) is 0. The van der Waals surface area contributed by atoms with Crippen LogP contribution in [0.15, 0.2) is 94.7 Å². The number of benzene rings is 4. The van der Waals surface area contributed by atoms with E-state index in [4.69, 9.17) is 13.7 Å². The van der Waals surface area contributed by atoms with E-state index in [9.17, 15) is 30.0 Å². The molecule has 0 heterocycles. The van der Waals surface area contributed by atoms with E-state index in [1.165, 1.54) is 42.8 Å². The quantitative estimate of drug-likeness (QED) is 0.208. The van der Waals surface area contributed by atoms with Gasteiger partial charge in [0.25, 0.3) is 0 Å². The summed E-state index contributed by atoms with van der Waals surface area (Å²) in [4.78, 5) is -0.621. The normalized spacial score (nSPS) is 12.5. The zero-order valence-corrected chi connectivity index (χ0v) is 23.6. The number of hydrogen-bond acceptors (Lipinski definition) is 7. The van der Waals surface area contributed by atoms with Crippen molar-refractivity contribution in [3.05, 3.63) is 96.1 Å². The van der Waals surface area contributed by atoms with Crippen LogP contribution >= 0.6 is 0 Å². The fourth-order valence-electron chi connectivity index (χ4n) is 4.12. The Balaban J connectivity index is 1.70. The number of sulfonamides is 1. The minimum absolute atomic E-state index is 0.0210. The van der Waals surface area contributed by atoms with Crippen molar-refractivity contribution in [3.8, 4) is 11.5 Å². The summed E-state index contributed by atoms with van der Waals surface area (Å²) < 4.78 is 110. The van der Waals surface area contributed by atoms with E-state index in [1.54, 1.807) is 36.4 Å². The highest BCUT2D eigenvalue weighted by atomic mass is 32.2. The molecule has 0 aromatic heterocycles. The van der Waals surface area contributed by atoms with Gasteiger partial charge in [-0.15, -0.1) is 0 Å². The molecule has 0 radical (unpaired) electrons. The highest BCUT2D eigenvalue weighted by molar-refractivity contribution is 7.89. The molecule has 13 heteroatoms. The molecular weight excluding hydrogens is 583 g/mol. The number of rotatable bonds is 11. The zero-order valence-electron chi connectivity index (χ0n) is 22.0. The van der Waals surface area contributed by atoms with Crippen LogP contribution in [-0.2, 0) is 37.6 Å². The maximum absolute atomic E-state index is 13.8. The Morgan fingerprint density at radius 2 is 1.51 bits per heavy atom. The Morgan fingerprint density at radius 3 is 2.22 bits per heavy atom. The van der Waals surface area contributed by atoms with Crippen molar-refractivity contribution in [1.29, 1.82) is 0 Å². The molecule has 0 saturated heterocycles. The topological polar surface area (TPSA) is 99.2 Å². The monoisotopic (exact) mass is 609 g/mol. The molecule has 218 valence electrons. The van der Waals surface area contributed by atoms with Crippen LogP contribution < -0.4 is 8.92 Å². The average molecular weight is 610 g/mol. The summed E-state index contributed by atoms with van der Waals surface area (Å²) in [7, 11) is -6.09. The first-order valence-corrected chi connectivity index (χ1v) is 15.0. The molecule has 0 atom stereocenters. The largest absolute Gasteiger partial charge is 0.493 e. The third-order valence-corrected chi connectivity index (χ3v) is 9.28. The summed E-state index contributed by atoms with van der Waals surface area (Å²) in [6.45, 7) is -0.140. The lowest BCUT2D eigenvalue weighted by Gasteiger charge is -2.23. The molecule has 0 aliphatic carbocycles. The van der Waals surface area contributed by atoms with E-state index in [1.807, 2.05) is 0 Å². The van der Waals surface area contributed by atoms with Gasteiger partial charge in [0.05, 0.1) is 24.2 Å². The summed E-state index contributed by atoms with van der Waals surface area (Å²) >= 11 is 0. The van der Waals surface area contributed by atoms with Gasteiger partial charge >= 0.3 is 16.3 Å². The summed E-state index contributed by atoms with van der Waals surface area (Å²) in [5.74, 6) is -0.346. The molecule has 0 spiro atoms. The highest BCUT2D eigenvalue weighted by Gasteiger charge is 2.32. The Hall–Kier alpha value is -3.65. The van der Waals surface area contributed by atoms with Gasteiger partial charge in [0.1, 0.15) is 4.90 Å². The van der Waals surface area contributed by atoms with Crippen LogP contribution in [-0.4, -0.2) is 48.5 Å². The number of methoxy groups -OCH3 is 2. The number of alkyl halides is 3. The fraction of sp³-hybridized carbons (Fsp3) is 0.214. The summed E-state index contributed by atoms with van der Waals surface area (Å²) in [5, 5.41) is 1.27. The van der Waals surface area contributed by atoms with E-state index >= 15 is 0 Å². The zero-order chi connectivity index (χ0) is 29.8. The third-order valence-electron chi connectivity index (χ3n) is 6.15. The first kappa shape index (κ1) is 30.3. The minimum atomic E-state index is -4.76. The Kier molecular flexibility index (Phi) is 8.92. The lowest BCUT2D eigenvalue weighted by atomic mass is 10.1. The fourth-order valence-corrected chi connectivity index (χ4v) is 6.73. The van der Waals surface area contributed by atoms with Gasteiger partial charge in [-0.05, 0) is 47.3 Å². The molecular formula is C28H26F3NO7S2. The van der Waals surface area contributed by atoms with Gasteiger partial charge in [-0.3, -0.25) is 0 Å². The number of ether oxygens (including phenoxy) is 2. The summed E-state index contributed by atoms with van der Waals surface area (Å²) in [6, 6.07) is 19.3. The van der Waals surface area contributed by atoms with Gasteiger partial charge in [0.2, 0.25) is 10.0 Å². The van der Waals surface area contributed by atoms with Crippen molar-refractivity contribution < 1.29 is 43.7 Å². The summed E-state index contributed by atoms with van der Waals surface area (Å²) in [5.41, 5.74) is -0.824. The van der Waals surface area contributed by atoms with Crippen LogP contribution in [0.25, 0.3) is 10.8 Å². The number of fused-ring (bicyclic) bond motifs is 1. The SMILES string of the molecule is COCCN(Cc1ccc(OC)c(OS(=O)(=O)c2cccc(C(F)(F)F)c2)c1)S(=O)(=O)c1cccc2ccccc12. The standard InChI is InChI=1S/C28H26F3NO7S2/c1-37-16-15-32(40(33,34)27-12-5-8-21-7-3-4-11-24(21)27)19-20-13-14-25(38-2)26(17-20)39-41(35,36)23-10-6-9-22(18-23)28(29,30)31/h3-14,17-18H,15-16,19H2,1-2H3. The van der Waals surface area contributed by atoms with Crippen LogP contribution in [0, 0.1) is 0 Å². The molecule has 0 unspecified atom stereocenters. The van der Waals surface area contributed by atoms with Crippen LogP contribution in [0.5, 0.6) is 11.5 Å². The molecule has 0 N–H and O–H groups in total. The second-order valence-corrected chi connectivity index (χ2v) is 12.3. The van der Waals surface area contributed by atoms with Gasteiger partial charge in [0.15, 0.2) is 11.5 Å². The van der Waals surface area contributed by atoms with Gasteiger partial charge in [-0.1, -0.05) is 48.5 Å². The predicted octanol–water partition coefficient (Wildman–Crippen LogP) is 5.47. The first-order valence-electron chi connectivity index (χ1n) is 12.1. The van der Waals surface area contributed by atoms with Crippen molar-refractivity contribution in [3.63, 3.8) is 0 Å². The van der Waals surface area contributed by atoms with Crippen molar-refractivity contribution in [1.82, 2.24) is 4.31 Å². The van der Waals surface area contributed by atoms with Gasteiger partial charge in [-0.25, -0.2) is 8.42 Å². The van der Waals surface area contributed by atoms with E-state index in [-0.39, 0.29) is 36.1 Å². The molecule has 4 rings (SSSR count). The lowest BCUT2D eigenvalue weighted by Crippen LogP contribution is -2.33. The Labute approximate surface area is 236 Å². The number of halogens is 3. The maximum atomic E-state index is 13.8. The van der Waals surface area contributed by atoms with Crippen molar-refractivity contribution in [2.75, 3.05) is 27.4 Å². The predicted molar refractivity (Wildman–Crippen MR) is 146 cm³/mol. The van der Waals surface area contributed by atoms with Gasteiger partial charge < -0.3 is 13.7 Å². The van der Waals surface area contributed by atoms with Crippen LogP contribution in [0.2, 0.25) is 0 Å². The molecule has 0 saturated carbocycles. The Morgan fingerprint density at radius 1 is 0.805 bits per heavy atom.